The highest BCUT2D eigenvalue weighted by Crippen LogP contribution is 2.17. The Morgan fingerprint density at radius 1 is 1.39 bits per heavy atom. The molecule has 0 aliphatic carbocycles. The molecule has 1 aromatic heterocycles. The molecule has 0 aromatic carbocycles. The molecule has 1 saturated heterocycles. The van der Waals surface area contributed by atoms with Crippen LogP contribution in [0.3, 0.4) is 0 Å². The topological polar surface area (TPSA) is 70.5 Å². The van der Waals surface area contributed by atoms with E-state index in [1.807, 2.05) is 0 Å². The highest BCUT2D eigenvalue weighted by atomic mass is 16.4. The highest BCUT2D eigenvalue weighted by molar-refractivity contribution is 5.96. The third-order valence-corrected chi connectivity index (χ3v) is 3.20. The number of hydrogen-bond donors (Lipinski definition) is 1. The zero-order chi connectivity index (χ0) is 13.0. The van der Waals surface area contributed by atoms with Crippen LogP contribution < -0.4 is 0 Å². The van der Waals surface area contributed by atoms with Crippen LogP contribution in [0.1, 0.15) is 29.8 Å². The van der Waals surface area contributed by atoms with Crippen molar-refractivity contribution in [3.8, 4) is 0 Å². The molecule has 0 amide bonds. The second kappa shape index (κ2) is 5.73. The second-order valence-corrected chi connectivity index (χ2v) is 4.46. The van der Waals surface area contributed by atoms with Crippen LogP contribution in [0.5, 0.6) is 0 Å². The minimum absolute atomic E-state index is 0.122. The molecule has 96 valence electrons. The summed E-state index contributed by atoms with van der Waals surface area (Å²) < 4.78 is 0. The Balaban J connectivity index is 2.03. The van der Waals surface area contributed by atoms with E-state index in [0.717, 1.165) is 12.8 Å². The van der Waals surface area contributed by atoms with Gasteiger partial charge in [-0.05, 0) is 31.5 Å². The van der Waals surface area contributed by atoms with Gasteiger partial charge in [0.15, 0.2) is 5.78 Å². The lowest BCUT2D eigenvalue weighted by Crippen LogP contribution is -2.46. The summed E-state index contributed by atoms with van der Waals surface area (Å²) >= 11 is 0. The summed E-state index contributed by atoms with van der Waals surface area (Å²) in [5, 5.41) is 9.12. The average molecular weight is 248 g/mol. The van der Waals surface area contributed by atoms with Gasteiger partial charge in [-0.3, -0.25) is 19.5 Å². The van der Waals surface area contributed by atoms with Crippen LogP contribution in [-0.2, 0) is 4.79 Å². The monoisotopic (exact) mass is 248 g/mol. The Kier molecular flexibility index (Phi) is 4.04. The van der Waals surface area contributed by atoms with Crippen LogP contribution in [0, 0.1) is 0 Å². The molecule has 1 aromatic rings. The van der Waals surface area contributed by atoms with Crippen LogP contribution in [-0.4, -0.2) is 45.9 Å². The van der Waals surface area contributed by atoms with Gasteiger partial charge in [-0.2, -0.15) is 0 Å². The summed E-state index contributed by atoms with van der Waals surface area (Å²) in [6, 6.07) is 4.62. The Hall–Kier alpha value is -1.75. The summed E-state index contributed by atoms with van der Waals surface area (Å²) in [6.45, 7) is 0.795. The first kappa shape index (κ1) is 12.7. The normalized spacial score (nSPS) is 20.6. The smallest absolute Gasteiger partial charge is 0.320 e. The predicted molar refractivity (Wildman–Crippen MR) is 65.4 cm³/mol. The largest absolute Gasteiger partial charge is 0.480 e. The van der Waals surface area contributed by atoms with Crippen molar-refractivity contribution in [1.82, 2.24) is 9.88 Å². The highest BCUT2D eigenvalue weighted by Gasteiger charge is 2.29. The molecule has 1 aliphatic rings. The fraction of sp³-hybridized carbons (Fsp3) is 0.462. The van der Waals surface area contributed by atoms with Gasteiger partial charge in [0, 0.05) is 6.20 Å². The van der Waals surface area contributed by atoms with E-state index in [0.29, 0.717) is 18.7 Å². The predicted octanol–water partition coefficient (Wildman–Crippen LogP) is 1.20. The van der Waals surface area contributed by atoms with Gasteiger partial charge in [-0.25, -0.2) is 0 Å². The molecule has 0 spiro atoms. The number of carboxylic acid groups (broad SMARTS) is 1. The number of piperidine rings is 1. The molecule has 5 nitrogen and oxygen atoms in total. The summed E-state index contributed by atoms with van der Waals surface area (Å²) in [6.07, 6.45) is 4.04. The fourth-order valence-electron chi connectivity index (χ4n) is 2.25. The van der Waals surface area contributed by atoms with Crippen molar-refractivity contribution < 1.29 is 14.7 Å². The average Bonchev–Trinajstić information content (AvgIpc) is 2.40. The van der Waals surface area contributed by atoms with Crippen LogP contribution in [0.4, 0.5) is 0 Å². The quantitative estimate of drug-likeness (QED) is 0.811. The van der Waals surface area contributed by atoms with Crippen molar-refractivity contribution in [2.24, 2.45) is 0 Å². The van der Waals surface area contributed by atoms with Crippen molar-refractivity contribution in [2.75, 3.05) is 13.1 Å². The van der Waals surface area contributed by atoms with Crippen LogP contribution >= 0.6 is 0 Å². The van der Waals surface area contributed by atoms with E-state index in [2.05, 4.69) is 4.98 Å². The molecular formula is C13H16N2O3. The summed E-state index contributed by atoms with van der Waals surface area (Å²) in [7, 11) is 0. The van der Waals surface area contributed by atoms with Gasteiger partial charge in [0.1, 0.15) is 11.7 Å². The van der Waals surface area contributed by atoms with Crippen molar-refractivity contribution in [1.29, 1.82) is 0 Å². The van der Waals surface area contributed by atoms with E-state index in [1.165, 1.54) is 0 Å². The lowest BCUT2D eigenvalue weighted by atomic mass is 10.0. The molecule has 1 fully saturated rings. The zero-order valence-electron chi connectivity index (χ0n) is 10.1. The van der Waals surface area contributed by atoms with Crippen molar-refractivity contribution in [3.05, 3.63) is 30.1 Å². The van der Waals surface area contributed by atoms with Gasteiger partial charge in [0.25, 0.3) is 0 Å². The van der Waals surface area contributed by atoms with Gasteiger partial charge in [-0.1, -0.05) is 12.5 Å². The first-order chi connectivity index (χ1) is 8.68. The summed E-state index contributed by atoms with van der Waals surface area (Å²) in [4.78, 5) is 28.8. The molecule has 0 unspecified atom stereocenters. The van der Waals surface area contributed by atoms with E-state index in [9.17, 15) is 9.59 Å². The number of aliphatic carboxylic acids is 1. The molecule has 0 bridgehead atoms. The minimum atomic E-state index is -0.844. The van der Waals surface area contributed by atoms with Crippen molar-refractivity contribution >= 4 is 11.8 Å². The molecule has 0 saturated carbocycles. The molecule has 5 heteroatoms. The van der Waals surface area contributed by atoms with Crippen molar-refractivity contribution in [3.63, 3.8) is 0 Å². The van der Waals surface area contributed by atoms with E-state index in [-0.39, 0.29) is 12.3 Å². The molecule has 1 atom stereocenters. The van der Waals surface area contributed by atoms with Gasteiger partial charge in [-0.15, -0.1) is 0 Å². The summed E-state index contributed by atoms with van der Waals surface area (Å²) in [5.74, 6) is -0.965. The maximum absolute atomic E-state index is 12.0. The van der Waals surface area contributed by atoms with Crippen LogP contribution in [0.15, 0.2) is 24.4 Å². The maximum atomic E-state index is 12.0. The van der Waals surface area contributed by atoms with E-state index in [1.54, 1.807) is 29.3 Å². The van der Waals surface area contributed by atoms with E-state index >= 15 is 0 Å². The number of carbonyl (C=O) groups is 2. The van der Waals surface area contributed by atoms with Crippen LogP contribution in [0.2, 0.25) is 0 Å². The van der Waals surface area contributed by atoms with E-state index < -0.39 is 12.0 Å². The first-order valence-corrected chi connectivity index (χ1v) is 6.09. The number of aromatic nitrogens is 1. The van der Waals surface area contributed by atoms with Crippen molar-refractivity contribution in [2.45, 2.75) is 25.3 Å². The Labute approximate surface area is 105 Å². The fourth-order valence-corrected chi connectivity index (χ4v) is 2.25. The number of carbonyl (C=O) groups excluding carboxylic acids is 1. The van der Waals surface area contributed by atoms with Gasteiger partial charge in [0.05, 0.1) is 6.54 Å². The van der Waals surface area contributed by atoms with Gasteiger partial charge in [0.2, 0.25) is 0 Å². The number of nitrogens with zero attached hydrogens (tertiary/aromatic N) is 2. The number of ketones is 1. The molecule has 1 N–H and O–H groups in total. The van der Waals surface area contributed by atoms with E-state index in [4.69, 9.17) is 5.11 Å². The summed E-state index contributed by atoms with van der Waals surface area (Å²) in [5.41, 5.74) is 0.396. The third-order valence-electron chi connectivity index (χ3n) is 3.20. The number of likely N-dealkylation sites (tertiary alicyclic amines) is 1. The zero-order valence-corrected chi connectivity index (χ0v) is 10.1. The number of Topliss-reactive ketones (excluding diaryl/α,β-unsaturated/α-hetero) is 1. The SMILES string of the molecule is O=C(CN1CCCC[C@@H]1C(=O)O)c1ccccn1. The first-order valence-electron chi connectivity index (χ1n) is 6.09. The second-order valence-electron chi connectivity index (χ2n) is 4.46. The molecular weight excluding hydrogens is 232 g/mol. The molecule has 0 radical (unpaired) electrons. The minimum Gasteiger partial charge on any atom is -0.480 e. The standard InChI is InChI=1S/C13H16N2O3/c16-12(10-5-1-3-7-14-10)9-15-8-4-2-6-11(15)13(17)18/h1,3,5,7,11H,2,4,6,8-9H2,(H,17,18)/t11-/m1/s1. The van der Waals surface area contributed by atoms with Gasteiger partial charge < -0.3 is 5.11 Å². The number of rotatable bonds is 4. The molecule has 2 rings (SSSR count). The lowest BCUT2D eigenvalue weighted by molar-refractivity contribution is -0.144. The van der Waals surface area contributed by atoms with Gasteiger partial charge >= 0.3 is 5.97 Å². The Bertz CT molecular complexity index is 433. The number of pyridine rings is 1. The Morgan fingerprint density at radius 3 is 2.89 bits per heavy atom. The van der Waals surface area contributed by atoms with Crippen LogP contribution in [0.25, 0.3) is 0 Å². The number of hydrogen-bond acceptors (Lipinski definition) is 4. The third kappa shape index (κ3) is 2.92. The maximum Gasteiger partial charge on any atom is 0.320 e. The molecule has 18 heavy (non-hydrogen) atoms. The Morgan fingerprint density at radius 2 is 2.22 bits per heavy atom. The lowest BCUT2D eigenvalue weighted by Gasteiger charge is -2.32. The molecule has 2 heterocycles. The number of carboxylic acids is 1. The molecule has 1 aliphatic heterocycles.